The van der Waals surface area contributed by atoms with E-state index in [1.165, 1.54) is 6.07 Å². The minimum Gasteiger partial charge on any atom is -0.493 e. The van der Waals surface area contributed by atoms with Crippen LogP contribution in [0.3, 0.4) is 0 Å². The number of H-pyrrole nitrogens is 1. The number of anilines is 2. The quantitative estimate of drug-likeness (QED) is 0.873. The van der Waals surface area contributed by atoms with Crippen molar-refractivity contribution >= 4 is 11.6 Å². The highest BCUT2D eigenvalue weighted by Gasteiger charge is 2.06. The molecule has 6 nitrogen and oxygen atoms in total. The summed E-state index contributed by atoms with van der Waals surface area (Å²) in [6.07, 6.45) is 0.699. The first kappa shape index (κ1) is 13.9. The van der Waals surface area contributed by atoms with E-state index in [0.29, 0.717) is 23.9 Å². The lowest BCUT2D eigenvalue weighted by Gasteiger charge is -2.11. The number of rotatable bonds is 5. The SMILES string of the molecule is CCc1cc(=O)[nH]c(Nc2ccc(OC)c(OC)c2)n1. The molecule has 20 heavy (non-hydrogen) atoms. The number of hydrogen-bond acceptors (Lipinski definition) is 5. The van der Waals surface area contributed by atoms with Gasteiger partial charge in [-0.25, -0.2) is 4.98 Å². The maximum absolute atomic E-state index is 11.5. The summed E-state index contributed by atoms with van der Waals surface area (Å²) >= 11 is 0. The normalized spacial score (nSPS) is 10.2. The summed E-state index contributed by atoms with van der Waals surface area (Å²) in [6.45, 7) is 1.95. The zero-order chi connectivity index (χ0) is 14.5. The van der Waals surface area contributed by atoms with E-state index in [-0.39, 0.29) is 5.56 Å². The van der Waals surface area contributed by atoms with Crippen molar-refractivity contribution < 1.29 is 9.47 Å². The van der Waals surface area contributed by atoms with Gasteiger partial charge in [-0.2, -0.15) is 0 Å². The van der Waals surface area contributed by atoms with Crippen LogP contribution in [-0.2, 0) is 6.42 Å². The van der Waals surface area contributed by atoms with E-state index in [1.54, 1.807) is 26.4 Å². The van der Waals surface area contributed by atoms with Gasteiger partial charge >= 0.3 is 0 Å². The van der Waals surface area contributed by atoms with Crippen molar-refractivity contribution in [1.82, 2.24) is 9.97 Å². The van der Waals surface area contributed by atoms with Gasteiger partial charge in [0.25, 0.3) is 5.56 Å². The second-order valence-corrected chi connectivity index (χ2v) is 4.13. The summed E-state index contributed by atoms with van der Waals surface area (Å²) in [6, 6.07) is 6.86. The standard InChI is InChI=1S/C14H17N3O3/c1-4-9-8-13(18)17-14(15-9)16-10-5-6-11(19-2)12(7-10)20-3/h5-8H,4H2,1-3H3,(H2,15,16,17,18). The highest BCUT2D eigenvalue weighted by molar-refractivity contribution is 5.59. The van der Waals surface area contributed by atoms with Gasteiger partial charge in [-0.05, 0) is 18.6 Å². The number of nitrogens with zero attached hydrogens (tertiary/aromatic N) is 1. The number of aromatic amines is 1. The fourth-order valence-corrected chi connectivity index (χ4v) is 1.80. The van der Waals surface area contributed by atoms with Gasteiger partial charge in [-0.3, -0.25) is 9.78 Å². The summed E-state index contributed by atoms with van der Waals surface area (Å²) in [5, 5.41) is 3.04. The van der Waals surface area contributed by atoms with E-state index in [1.807, 2.05) is 13.0 Å². The maximum atomic E-state index is 11.5. The first-order chi connectivity index (χ1) is 9.66. The minimum absolute atomic E-state index is 0.181. The molecule has 2 N–H and O–H groups in total. The van der Waals surface area contributed by atoms with Crippen LogP contribution in [0.4, 0.5) is 11.6 Å². The van der Waals surface area contributed by atoms with Gasteiger partial charge in [0, 0.05) is 23.5 Å². The van der Waals surface area contributed by atoms with E-state index in [9.17, 15) is 4.79 Å². The molecule has 0 saturated heterocycles. The summed E-state index contributed by atoms with van der Waals surface area (Å²) in [7, 11) is 3.15. The Morgan fingerprint density at radius 1 is 1.20 bits per heavy atom. The third-order valence-electron chi connectivity index (χ3n) is 2.80. The molecule has 1 aromatic carbocycles. The van der Waals surface area contributed by atoms with Crippen LogP contribution in [0.5, 0.6) is 11.5 Å². The number of nitrogens with one attached hydrogen (secondary N) is 2. The lowest BCUT2D eigenvalue weighted by Crippen LogP contribution is -2.11. The van der Waals surface area contributed by atoms with Crippen LogP contribution in [0.25, 0.3) is 0 Å². The van der Waals surface area contributed by atoms with E-state index in [2.05, 4.69) is 15.3 Å². The number of methoxy groups -OCH3 is 2. The molecule has 0 spiro atoms. The van der Waals surface area contributed by atoms with Crippen molar-refractivity contribution in [2.45, 2.75) is 13.3 Å². The zero-order valence-electron chi connectivity index (χ0n) is 11.7. The first-order valence-electron chi connectivity index (χ1n) is 6.25. The molecule has 0 fully saturated rings. The number of aryl methyl sites for hydroxylation is 1. The van der Waals surface area contributed by atoms with Crippen LogP contribution in [0.1, 0.15) is 12.6 Å². The van der Waals surface area contributed by atoms with Crippen molar-refractivity contribution in [1.29, 1.82) is 0 Å². The van der Waals surface area contributed by atoms with E-state index in [0.717, 1.165) is 11.4 Å². The molecule has 2 aromatic rings. The molecule has 0 aliphatic carbocycles. The Bertz CT molecular complexity index is 652. The molecule has 1 heterocycles. The molecule has 0 aliphatic heterocycles. The first-order valence-corrected chi connectivity index (χ1v) is 6.25. The minimum atomic E-state index is -0.181. The summed E-state index contributed by atoms with van der Waals surface area (Å²) in [4.78, 5) is 18.5. The summed E-state index contributed by atoms with van der Waals surface area (Å²) in [5.74, 6) is 1.65. The van der Waals surface area contributed by atoms with Crippen LogP contribution in [-0.4, -0.2) is 24.2 Å². The Kier molecular flexibility index (Phi) is 4.24. The van der Waals surface area contributed by atoms with Gasteiger partial charge in [0.15, 0.2) is 11.5 Å². The second-order valence-electron chi connectivity index (χ2n) is 4.13. The van der Waals surface area contributed by atoms with E-state index >= 15 is 0 Å². The average molecular weight is 275 g/mol. The van der Waals surface area contributed by atoms with E-state index < -0.39 is 0 Å². The molecular formula is C14H17N3O3. The Labute approximate surface area is 116 Å². The average Bonchev–Trinajstić information content (AvgIpc) is 2.46. The van der Waals surface area contributed by atoms with Crippen LogP contribution in [0.15, 0.2) is 29.1 Å². The molecule has 106 valence electrons. The largest absolute Gasteiger partial charge is 0.493 e. The molecule has 0 atom stereocenters. The molecule has 0 aliphatic rings. The van der Waals surface area contributed by atoms with Gasteiger partial charge in [0.1, 0.15) is 0 Å². The monoisotopic (exact) mass is 275 g/mol. The predicted molar refractivity (Wildman–Crippen MR) is 77.1 cm³/mol. The van der Waals surface area contributed by atoms with Crippen LogP contribution < -0.4 is 20.3 Å². The van der Waals surface area contributed by atoms with Crippen molar-refractivity contribution in [2.24, 2.45) is 0 Å². The molecular weight excluding hydrogens is 258 g/mol. The van der Waals surface area contributed by atoms with Crippen molar-refractivity contribution in [3.05, 3.63) is 40.3 Å². The molecule has 0 saturated carbocycles. The molecule has 1 aromatic heterocycles. The Morgan fingerprint density at radius 2 is 1.95 bits per heavy atom. The highest BCUT2D eigenvalue weighted by Crippen LogP contribution is 2.30. The predicted octanol–water partition coefficient (Wildman–Crippen LogP) is 2.09. The fourth-order valence-electron chi connectivity index (χ4n) is 1.80. The second kappa shape index (κ2) is 6.10. The lowest BCUT2D eigenvalue weighted by atomic mass is 10.2. The van der Waals surface area contributed by atoms with Crippen LogP contribution in [0, 0.1) is 0 Å². The Hall–Kier alpha value is -2.50. The maximum Gasteiger partial charge on any atom is 0.252 e. The molecule has 2 rings (SSSR count). The van der Waals surface area contributed by atoms with Crippen molar-refractivity contribution in [3.8, 4) is 11.5 Å². The van der Waals surface area contributed by atoms with Crippen molar-refractivity contribution in [3.63, 3.8) is 0 Å². The van der Waals surface area contributed by atoms with Gasteiger partial charge in [-0.1, -0.05) is 6.92 Å². The Morgan fingerprint density at radius 3 is 2.60 bits per heavy atom. The smallest absolute Gasteiger partial charge is 0.252 e. The summed E-state index contributed by atoms with van der Waals surface area (Å²) < 4.78 is 10.4. The van der Waals surface area contributed by atoms with Crippen LogP contribution in [0.2, 0.25) is 0 Å². The summed E-state index contributed by atoms with van der Waals surface area (Å²) in [5.41, 5.74) is 1.30. The molecule has 6 heteroatoms. The number of benzene rings is 1. The number of aromatic nitrogens is 2. The zero-order valence-corrected chi connectivity index (χ0v) is 11.7. The van der Waals surface area contributed by atoms with Gasteiger partial charge < -0.3 is 14.8 Å². The third kappa shape index (κ3) is 3.09. The number of hydrogen-bond donors (Lipinski definition) is 2. The fraction of sp³-hybridized carbons (Fsp3) is 0.286. The van der Waals surface area contributed by atoms with Crippen molar-refractivity contribution in [2.75, 3.05) is 19.5 Å². The molecule has 0 bridgehead atoms. The molecule has 0 radical (unpaired) electrons. The highest BCUT2D eigenvalue weighted by atomic mass is 16.5. The van der Waals surface area contributed by atoms with E-state index in [4.69, 9.17) is 9.47 Å². The van der Waals surface area contributed by atoms with Gasteiger partial charge in [-0.15, -0.1) is 0 Å². The van der Waals surface area contributed by atoms with Crippen LogP contribution >= 0.6 is 0 Å². The van der Waals surface area contributed by atoms with Gasteiger partial charge in [0.2, 0.25) is 5.95 Å². The topological polar surface area (TPSA) is 76.2 Å². The number of ether oxygens (including phenoxy) is 2. The molecule has 0 unspecified atom stereocenters. The van der Waals surface area contributed by atoms with Gasteiger partial charge in [0.05, 0.1) is 14.2 Å². The third-order valence-corrected chi connectivity index (χ3v) is 2.80. The Balaban J connectivity index is 2.30. The molecule has 0 amide bonds. The lowest BCUT2D eigenvalue weighted by molar-refractivity contribution is 0.355.